The summed E-state index contributed by atoms with van der Waals surface area (Å²) in [5.74, 6) is -1.50. The van der Waals surface area contributed by atoms with Crippen molar-refractivity contribution in [3.8, 4) is 11.1 Å². The number of rotatable bonds is 7. The molecule has 176 valence electrons. The van der Waals surface area contributed by atoms with Crippen LogP contribution in [0.5, 0.6) is 0 Å². The number of nitrogens with zero attached hydrogens (tertiary/aromatic N) is 1. The van der Waals surface area contributed by atoms with Gasteiger partial charge in [-0.25, -0.2) is 4.79 Å². The number of nitrogens with one attached hydrogen (secondary N) is 1. The summed E-state index contributed by atoms with van der Waals surface area (Å²) in [6.45, 7) is -0.0408. The van der Waals surface area contributed by atoms with E-state index in [2.05, 4.69) is 29.6 Å². The van der Waals surface area contributed by atoms with Gasteiger partial charge in [0.15, 0.2) is 0 Å². The van der Waals surface area contributed by atoms with E-state index in [9.17, 15) is 14.4 Å². The Labute approximate surface area is 198 Å². The minimum Gasteiger partial charge on any atom is -0.480 e. The van der Waals surface area contributed by atoms with E-state index in [1.807, 2.05) is 36.4 Å². The second-order valence-electron chi connectivity index (χ2n) is 9.26. The van der Waals surface area contributed by atoms with Gasteiger partial charge in [-0.2, -0.15) is 0 Å². The molecule has 2 aromatic carbocycles. The van der Waals surface area contributed by atoms with Gasteiger partial charge in [0, 0.05) is 17.9 Å². The SMILES string of the molecule is O=C(O)CN(C(=O)C1CC=CC(NC(=O)OCC2c3ccccc3-c3ccccc32)C1)C1CC1. The fourth-order valence-electron chi connectivity index (χ4n) is 5.14. The average Bonchev–Trinajstić information content (AvgIpc) is 3.63. The lowest BCUT2D eigenvalue weighted by atomic mass is 9.89. The summed E-state index contributed by atoms with van der Waals surface area (Å²) >= 11 is 0. The third-order valence-corrected chi connectivity index (χ3v) is 6.90. The maximum absolute atomic E-state index is 13.0. The number of benzene rings is 2. The number of hydrogen-bond donors (Lipinski definition) is 2. The zero-order valence-corrected chi connectivity index (χ0v) is 18.9. The average molecular weight is 461 g/mol. The first-order chi connectivity index (χ1) is 16.5. The van der Waals surface area contributed by atoms with E-state index in [0.717, 1.165) is 24.0 Å². The fourth-order valence-corrected chi connectivity index (χ4v) is 5.14. The molecule has 2 aromatic rings. The highest BCUT2D eigenvalue weighted by molar-refractivity contribution is 5.84. The molecular formula is C27H28N2O5. The van der Waals surface area contributed by atoms with Crippen LogP contribution in [0, 0.1) is 5.92 Å². The molecule has 1 fully saturated rings. The summed E-state index contributed by atoms with van der Waals surface area (Å²) in [7, 11) is 0. The molecular weight excluding hydrogens is 432 g/mol. The van der Waals surface area contributed by atoms with E-state index < -0.39 is 12.1 Å². The first kappa shape index (κ1) is 22.2. The van der Waals surface area contributed by atoms with Gasteiger partial charge in [0.2, 0.25) is 5.91 Å². The van der Waals surface area contributed by atoms with E-state index in [4.69, 9.17) is 9.84 Å². The molecule has 0 radical (unpaired) electrons. The largest absolute Gasteiger partial charge is 0.480 e. The van der Waals surface area contributed by atoms with E-state index in [1.54, 1.807) is 0 Å². The maximum atomic E-state index is 13.0. The summed E-state index contributed by atoms with van der Waals surface area (Å²) < 4.78 is 5.63. The van der Waals surface area contributed by atoms with Gasteiger partial charge in [-0.15, -0.1) is 0 Å². The van der Waals surface area contributed by atoms with Crippen molar-refractivity contribution >= 4 is 18.0 Å². The molecule has 0 spiro atoms. The Balaban J connectivity index is 1.19. The Morgan fingerprint density at radius 3 is 2.26 bits per heavy atom. The second kappa shape index (κ2) is 9.33. The topological polar surface area (TPSA) is 95.9 Å². The van der Waals surface area contributed by atoms with Crippen molar-refractivity contribution < 1.29 is 24.2 Å². The van der Waals surface area contributed by atoms with Gasteiger partial charge in [-0.05, 0) is 47.9 Å². The number of carbonyl (C=O) groups excluding carboxylic acids is 2. The Morgan fingerprint density at radius 2 is 1.65 bits per heavy atom. The lowest BCUT2D eigenvalue weighted by Crippen LogP contribution is -2.45. The van der Waals surface area contributed by atoms with Crippen molar-refractivity contribution in [3.05, 3.63) is 71.8 Å². The molecule has 7 nitrogen and oxygen atoms in total. The normalized spacial score (nSPS) is 20.8. The number of ether oxygens (including phenoxy) is 1. The lowest BCUT2D eigenvalue weighted by molar-refractivity contribution is -0.147. The van der Waals surface area contributed by atoms with Crippen LogP contribution in [0.15, 0.2) is 60.7 Å². The minimum atomic E-state index is -1.00. The van der Waals surface area contributed by atoms with Crippen LogP contribution in [-0.2, 0) is 14.3 Å². The number of carboxylic acids is 1. The third kappa shape index (κ3) is 4.55. The Kier molecular flexibility index (Phi) is 6.09. The fraction of sp³-hybridized carbons (Fsp3) is 0.370. The van der Waals surface area contributed by atoms with E-state index in [-0.39, 0.29) is 43.0 Å². The van der Waals surface area contributed by atoms with Crippen LogP contribution < -0.4 is 5.32 Å². The molecule has 34 heavy (non-hydrogen) atoms. The van der Waals surface area contributed by atoms with Crippen LogP contribution in [0.25, 0.3) is 11.1 Å². The molecule has 2 N–H and O–H groups in total. The van der Waals surface area contributed by atoms with Crippen LogP contribution in [0.4, 0.5) is 4.79 Å². The van der Waals surface area contributed by atoms with Gasteiger partial charge in [-0.3, -0.25) is 9.59 Å². The quantitative estimate of drug-likeness (QED) is 0.611. The van der Waals surface area contributed by atoms with Crippen molar-refractivity contribution in [2.45, 2.75) is 43.7 Å². The number of amides is 2. The number of fused-ring (bicyclic) bond motifs is 3. The maximum Gasteiger partial charge on any atom is 0.407 e. The molecule has 3 aliphatic carbocycles. The zero-order valence-electron chi connectivity index (χ0n) is 18.9. The molecule has 0 saturated heterocycles. The Hall–Kier alpha value is -3.61. The Morgan fingerprint density at radius 1 is 1.00 bits per heavy atom. The monoisotopic (exact) mass is 460 g/mol. The lowest BCUT2D eigenvalue weighted by Gasteiger charge is -2.29. The molecule has 0 heterocycles. The standard InChI is InChI=1S/C27H28N2O5/c30-25(31)15-29(19-12-13-19)26(32)17-6-5-7-18(14-17)28-27(33)34-16-24-22-10-3-1-8-20(22)21-9-2-4-11-23(21)24/h1-5,7-11,17-19,24H,6,12-16H2,(H,28,33)(H,30,31). The van der Waals surface area contributed by atoms with Crippen LogP contribution in [0.2, 0.25) is 0 Å². The van der Waals surface area contributed by atoms with Crippen molar-refractivity contribution in [2.24, 2.45) is 5.92 Å². The molecule has 0 aliphatic heterocycles. The highest BCUT2D eigenvalue weighted by atomic mass is 16.5. The second-order valence-corrected chi connectivity index (χ2v) is 9.26. The summed E-state index contributed by atoms with van der Waals surface area (Å²) in [6.07, 6.45) is 5.92. The van der Waals surface area contributed by atoms with Gasteiger partial charge in [0.05, 0.1) is 6.04 Å². The van der Waals surface area contributed by atoms with E-state index >= 15 is 0 Å². The van der Waals surface area contributed by atoms with Crippen LogP contribution in [0.1, 0.15) is 42.7 Å². The Bertz CT molecular complexity index is 1090. The first-order valence-corrected chi connectivity index (χ1v) is 11.8. The van der Waals surface area contributed by atoms with Gasteiger partial charge in [-0.1, -0.05) is 60.7 Å². The van der Waals surface area contributed by atoms with Crippen molar-refractivity contribution in [1.29, 1.82) is 0 Å². The number of carboxylic acid groups (broad SMARTS) is 1. The predicted molar refractivity (Wildman–Crippen MR) is 126 cm³/mol. The van der Waals surface area contributed by atoms with Gasteiger partial charge < -0.3 is 20.1 Å². The third-order valence-electron chi connectivity index (χ3n) is 6.90. The minimum absolute atomic E-state index is 0.0162. The van der Waals surface area contributed by atoms with Crippen molar-refractivity contribution in [1.82, 2.24) is 10.2 Å². The molecule has 7 heteroatoms. The van der Waals surface area contributed by atoms with Crippen LogP contribution >= 0.6 is 0 Å². The zero-order chi connectivity index (χ0) is 23.7. The van der Waals surface area contributed by atoms with Crippen molar-refractivity contribution in [3.63, 3.8) is 0 Å². The van der Waals surface area contributed by atoms with Gasteiger partial charge >= 0.3 is 12.1 Å². The molecule has 2 unspecified atom stereocenters. The summed E-state index contributed by atoms with van der Waals surface area (Å²) in [5, 5.41) is 12.0. The highest BCUT2D eigenvalue weighted by Gasteiger charge is 2.38. The molecule has 0 bridgehead atoms. The number of carbonyl (C=O) groups is 3. The molecule has 2 amide bonds. The van der Waals surface area contributed by atoms with Crippen LogP contribution in [-0.4, -0.2) is 53.2 Å². The first-order valence-electron chi connectivity index (χ1n) is 11.8. The highest BCUT2D eigenvalue weighted by Crippen LogP contribution is 2.44. The smallest absolute Gasteiger partial charge is 0.407 e. The van der Waals surface area contributed by atoms with Crippen molar-refractivity contribution in [2.75, 3.05) is 13.2 Å². The number of hydrogen-bond acceptors (Lipinski definition) is 4. The number of allylic oxidation sites excluding steroid dienone is 1. The molecule has 5 rings (SSSR count). The number of aliphatic carboxylic acids is 1. The predicted octanol–water partition coefficient (Wildman–Crippen LogP) is 3.94. The number of alkyl carbamates (subject to hydrolysis) is 1. The van der Waals surface area contributed by atoms with Gasteiger partial charge in [0.25, 0.3) is 0 Å². The van der Waals surface area contributed by atoms with E-state index in [1.165, 1.54) is 16.0 Å². The summed E-state index contributed by atoms with van der Waals surface area (Å²) in [5.41, 5.74) is 4.65. The molecule has 0 aromatic heterocycles. The molecule has 1 saturated carbocycles. The molecule has 2 atom stereocenters. The molecule has 3 aliphatic rings. The van der Waals surface area contributed by atoms with Gasteiger partial charge in [0.1, 0.15) is 13.2 Å². The summed E-state index contributed by atoms with van der Waals surface area (Å²) in [4.78, 5) is 38.3. The summed E-state index contributed by atoms with van der Waals surface area (Å²) in [6, 6.07) is 16.1. The van der Waals surface area contributed by atoms with Crippen LogP contribution in [0.3, 0.4) is 0 Å². The van der Waals surface area contributed by atoms with E-state index in [0.29, 0.717) is 12.8 Å².